The van der Waals surface area contributed by atoms with Crippen molar-refractivity contribution in [2.45, 2.75) is 19.8 Å². The number of hydrogen-bond acceptors (Lipinski definition) is 5. The van der Waals surface area contributed by atoms with Crippen LogP contribution in [0.25, 0.3) is 10.8 Å². The first kappa shape index (κ1) is 16.8. The van der Waals surface area contributed by atoms with E-state index in [0.717, 1.165) is 31.6 Å². The van der Waals surface area contributed by atoms with Crippen molar-refractivity contribution >= 4 is 51.5 Å². The van der Waals surface area contributed by atoms with Crippen LogP contribution in [0.3, 0.4) is 0 Å². The molecule has 0 radical (unpaired) electrons. The first-order valence-corrected chi connectivity index (χ1v) is 8.67. The lowest BCUT2D eigenvalue weighted by atomic mass is 9.92. The van der Waals surface area contributed by atoms with E-state index in [1.807, 2.05) is 0 Å². The summed E-state index contributed by atoms with van der Waals surface area (Å²) >= 11 is 6.44. The number of nitrogens with zero attached hydrogens (tertiary/aromatic N) is 2. The van der Waals surface area contributed by atoms with Gasteiger partial charge in [-0.15, -0.1) is 5.06 Å². The van der Waals surface area contributed by atoms with Gasteiger partial charge in [0.15, 0.2) is 0 Å². The van der Waals surface area contributed by atoms with Crippen LogP contribution in [0.2, 0.25) is 5.02 Å². The number of carbonyl (C=O) groups is 3. The topological polar surface area (TPSA) is 90.0 Å². The number of halogens is 1. The number of nitrogens with one attached hydrogen (secondary N) is 1. The molecule has 0 spiro atoms. The van der Waals surface area contributed by atoms with Crippen LogP contribution >= 0.6 is 11.6 Å². The summed E-state index contributed by atoms with van der Waals surface area (Å²) in [5.74, 6) is -2.05. The molecule has 0 unspecified atom stereocenters. The molecule has 0 aromatic heterocycles. The van der Waals surface area contributed by atoms with Crippen molar-refractivity contribution in [1.82, 2.24) is 5.06 Å². The van der Waals surface area contributed by atoms with Gasteiger partial charge in [-0.05, 0) is 31.0 Å². The van der Waals surface area contributed by atoms with E-state index in [-0.39, 0.29) is 27.8 Å². The molecule has 2 heterocycles. The van der Waals surface area contributed by atoms with Crippen molar-refractivity contribution < 1.29 is 19.6 Å². The quantitative estimate of drug-likeness (QED) is 0.623. The zero-order valence-corrected chi connectivity index (χ0v) is 14.8. The molecule has 2 aliphatic rings. The van der Waals surface area contributed by atoms with Gasteiger partial charge in [0.05, 0.1) is 21.8 Å². The molecule has 0 bridgehead atoms. The zero-order chi connectivity index (χ0) is 18.6. The summed E-state index contributed by atoms with van der Waals surface area (Å²) in [6.07, 6.45) is 2.05. The number of carbonyl (C=O) groups excluding carboxylic acids is 3. The van der Waals surface area contributed by atoms with Crippen molar-refractivity contribution in [3.05, 3.63) is 34.3 Å². The summed E-state index contributed by atoms with van der Waals surface area (Å²) in [6.45, 7) is 2.98. The average molecular weight is 374 g/mol. The lowest BCUT2D eigenvalue weighted by molar-refractivity contribution is -0.114. The second kappa shape index (κ2) is 5.96. The van der Waals surface area contributed by atoms with Gasteiger partial charge in [-0.1, -0.05) is 11.6 Å². The summed E-state index contributed by atoms with van der Waals surface area (Å²) < 4.78 is 0. The molecule has 0 aliphatic carbocycles. The predicted octanol–water partition coefficient (Wildman–Crippen LogP) is 3.04. The van der Waals surface area contributed by atoms with Gasteiger partial charge in [-0.25, -0.2) is 0 Å². The van der Waals surface area contributed by atoms with Gasteiger partial charge in [0.1, 0.15) is 0 Å². The molecule has 1 fully saturated rings. The Balaban J connectivity index is 2.14. The summed E-state index contributed by atoms with van der Waals surface area (Å²) in [5.41, 5.74) is 1.27. The van der Waals surface area contributed by atoms with Crippen LogP contribution in [-0.4, -0.2) is 41.1 Å². The van der Waals surface area contributed by atoms with Gasteiger partial charge in [0, 0.05) is 36.5 Å². The largest absolute Gasteiger partial charge is 0.371 e. The maximum absolute atomic E-state index is 12.6. The van der Waals surface area contributed by atoms with Crippen molar-refractivity contribution in [2.24, 2.45) is 0 Å². The highest BCUT2D eigenvalue weighted by atomic mass is 35.5. The maximum Gasteiger partial charge on any atom is 0.287 e. The third-order valence-electron chi connectivity index (χ3n) is 4.80. The summed E-state index contributed by atoms with van der Waals surface area (Å²) in [6, 6.07) is 4.77. The summed E-state index contributed by atoms with van der Waals surface area (Å²) in [5, 5.41) is 14.0. The maximum atomic E-state index is 12.6. The van der Waals surface area contributed by atoms with Crippen molar-refractivity contribution in [2.75, 3.05) is 23.3 Å². The lowest BCUT2D eigenvalue weighted by Crippen LogP contribution is -2.38. The van der Waals surface area contributed by atoms with E-state index < -0.39 is 11.8 Å². The van der Waals surface area contributed by atoms with E-state index in [1.165, 1.54) is 13.0 Å². The molecule has 2 aromatic carbocycles. The summed E-state index contributed by atoms with van der Waals surface area (Å²) in [4.78, 5) is 38.8. The molecule has 2 aromatic rings. The van der Waals surface area contributed by atoms with E-state index in [9.17, 15) is 19.6 Å². The molecule has 134 valence electrons. The fourth-order valence-electron chi connectivity index (χ4n) is 3.71. The molecule has 2 aliphatic heterocycles. The number of anilines is 2. The Hall–Kier alpha value is -2.64. The first-order chi connectivity index (χ1) is 12.4. The van der Waals surface area contributed by atoms with Gasteiger partial charge in [0.25, 0.3) is 11.8 Å². The minimum Gasteiger partial charge on any atom is -0.371 e. The number of amides is 3. The highest BCUT2D eigenvalue weighted by molar-refractivity contribution is 6.40. The van der Waals surface area contributed by atoms with Crippen LogP contribution in [0.1, 0.15) is 40.5 Å². The number of hydroxylamine groups is 2. The van der Waals surface area contributed by atoms with E-state index >= 15 is 0 Å². The number of rotatable bonds is 2. The minimum absolute atomic E-state index is 0.0674. The number of hydrogen-bond donors (Lipinski definition) is 2. The zero-order valence-electron chi connectivity index (χ0n) is 14.0. The monoisotopic (exact) mass is 373 g/mol. The normalized spacial score (nSPS) is 16.6. The Morgan fingerprint density at radius 2 is 1.85 bits per heavy atom. The van der Waals surface area contributed by atoms with Crippen molar-refractivity contribution in [3.63, 3.8) is 0 Å². The van der Waals surface area contributed by atoms with Crippen LogP contribution in [0.4, 0.5) is 11.4 Å². The van der Waals surface area contributed by atoms with Gasteiger partial charge in [-0.3, -0.25) is 19.6 Å². The van der Waals surface area contributed by atoms with E-state index in [1.54, 1.807) is 12.1 Å². The van der Waals surface area contributed by atoms with Crippen LogP contribution in [-0.2, 0) is 4.79 Å². The lowest BCUT2D eigenvalue weighted by Gasteiger charge is -2.28. The molecule has 7 nitrogen and oxygen atoms in total. The Labute approximate surface area is 154 Å². The van der Waals surface area contributed by atoms with Crippen LogP contribution in [0.15, 0.2) is 18.2 Å². The highest BCUT2D eigenvalue weighted by Crippen LogP contribution is 2.44. The Morgan fingerprint density at radius 1 is 1.15 bits per heavy atom. The third kappa shape index (κ3) is 2.35. The first-order valence-electron chi connectivity index (χ1n) is 8.29. The highest BCUT2D eigenvalue weighted by Gasteiger charge is 2.36. The third-order valence-corrected chi connectivity index (χ3v) is 5.11. The molecule has 8 heteroatoms. The smallest absolute Gasteiger partial charge is 0.287 e. The molecular weight excluding hydrogens is 358 g/mol. The molecule has 3 amide bonds. The number of benzene rings is 2. The molecule has 2 N–H and O–H groups in total. The van der Waals surface area contributed by atoms with E-state index in [0.29, 0.717) is 15.8 Å². The molecule has 0 saturated carbocycles. The summed E-state index contributed by atoms with van der Waals surface area (Å²) in [7, 11) is 0. The van der Waals surface area contributed by atoms with E-state index in [2.05, 4.69) is 10.2 Å². The van der Waals surface area contributed by atoms with Crippen molar-refractivity contribution in [3.8, 4) is 0 Å². The van der Waals surface area contributed by atoms with Crippen LogP contribution in [0.5, 0.6) is 0 Å². The van der Waals surface area contributed by atoms with Gasteiger partial charge < -0.3 is 10.2 Å². The second-order valence-corrected chi connectivity index (χ2v) is 6.87. The standard InChI is InChI=1S/C18H16ClN3O4/c1-9(23)20-12-8-13(21-6-2-3-7-21)15-11(19)5-4-10-14(15)16(12)18(25)22(26)17(10)24/h4-5,8,26H,2-3,6-7H2,1H3,(H,20,23). The van der Waals surface area contributed by atoms with E-state index in [4.69, 9.17) is 11.6 Å². The predicted molar refractivity (Wildman–Crippen MR) is 97.0 cm³/mol. The molecule has 4 rings (SSSR count). The Bertz CT molecular complexity index is 982. The molecular formula is C18H16ClN3O4. The van der Waals surface area contributed by atoms with Crippen LogP contribution < -0.4 is 10.2 Å². The molecule has 26 heavy (non-hydrogen) atoms. The fourth-order valence-corrected chi connectivity index (χ4v) is 3.97. The minimum atomic E-state index is -0.883. The number of imide groups is 1. The van der Waals surface area contributed by atoms with Crippen molar-refractivity contribution in [1.29, 1.82) is 0 Å². The Kier molecular flexibility index (Phi) is 3.86. The second-order valence-electron chi connectivity index (χ2n) is 6.46. The molecule has 1 saturated heterocycles. The van der Waals surface area contributed by atoms with Gasteiger partial charge in [-0.2, -0.15) is 0 Å². The average Bonchev–Trinajstić information content (AvgIpc) is 3.12. The van der Waals surface area contributed by atoms with Gasteiger partial charge >= 0.3 is 0 Å². The fraction of sp³-hybridized carbons (Fsp3) is 0.278. The molecule has 0 atom stereocenters. The van der Waals surface area contributed by atoms with Gasteiger partial charge in [0.2, 0.25) is 5.91 Å². The SMILES string of the molecule is CC(=O)Nc1cc(N2CCCC2)c2c(Cl)ccc3c2c1C(=O)N(O)C3=O. The Morgan fingerprint density at radius 3 is 2.50 bits per heavy atom. The van der Waals surface area contributed by atoms with Crippen LogP contribution in [0, 0.1) is 0 Å².